The molecular formula is C27H26FN5O2. The van der Waals surface area contributed by atoms with Crippen molar-refractivity contribution in [3.8, 4) is 17.0 Å². The number of carbonyl (C=O) groups excluding carboxylic acids is 1. The van der Waals surface area contributed by atoms with Gasteiger partial charge in [-0.2, -0.15) is 0 Å². The third-order valence-corrected chi connectivity index (χ3v) is 6.17. The summed E-state index contributed by atoms with van der Waals surface area (Å²) in [6.07, 6.45) is 5.36. The topological polar surface area (TPSA) is 91.9 Å². The number of rotatable bonds is 6. The van der Waals surface area contributed by atoms with Gasteiger partial charge in [0.1, 0.15) is 23.5 Å². The Bertz CT molecular complexity index is 1410. The van der Waals surface area contributed by atoms with Crippen molar-refractivity contribution in [3.63, 3.8) is 0 Å². The largest absolute Gasteiger partial charge is 0.496 e. The molecule has 0 fully saturated rings. The number of H-pyrrole nitrogens is 1. The van der Waals surface area contributed by atoms with E-state index in [1.165, 1.54) is 36.5 Å². The molecule has 3 heterocycles. The minimum Gasteiger partial charge on any atom is -0.496 e. The molecule has 1 amide bonds. The molecule has 1 atom stereocenters. The Morgan fingerprint density at radius 1 is 1.17 bits per heavy atom. The van der Waals surface area contributed by atoms with Crippen molar-refractivity contribution in [2.24, 2.45) is 0 Å². The summed E-state index contributed by atoms with van der Waals surface area (Å²) in [5.74, 6) is 0.126. The number of benzene rings is 2. The van der Waals surface area contributed by atoms with Crippen LogP contribution >= 0.6 is 0 Å². The lowest BCUT2D eigenvalue weighted by atomic mass is 9.94. The maximum atomic E-state index is 14.0. The number of amides is 1. The van der Waals surface area contributed by atoms with Crippen LogP contribution in [0.1, 0.15) is 24.6 Å². The number of carbonyl (C=O) groups is 1. The Balaban J connectivity index is 1.38. The van der Waals surface area contributed by atoms with Gasteiger partial charge in [0, 0.05) is 41.8 Å². The molecule has 178 valence electrons. The number of nitrogens with zero attached hydrogens (tertiary/aromatic N) is 2. The molecule has 2 aromatic heterocycles. The van der Waals surface area contributed by atoms with Crippen molar-refractivity contribution in [1.82, 2.24) is 20.3 Å². The average Bonchev–Trinajstić information content (AvgIpc) is 3.30. The fourth-order valence-electron chi connectivity index (χ4n) is 4.54. The number of hydrogen-bond donors (Lipinski definition) is 3. The van der Waals surface area contributed by atoms with Crippen LogP contribution in [0.4, 0.5) is 10.1 Å². The summed E-state index contributed by atoms with van der Waals surface area (Å²) in [5.41, 5.74) is 6.07. The number of hydrogen-bond acceptors (Lipinski definition) is 5. The van der Waals surface area contributed by atoms with Gasteiger partial charge >= 0.3 is 0 Å². The molecule has 35 heavy (non-hydrogen) atoms. The molecule has 3 N–H and O–H groups in total. The van der Waals surface area contributed by atoms with Crippen LogP contribution in [-0.2, 0) is 11.2 Å². The number of methoxy groups -OCH3 is 1. The normalized spacial score (nSPS) is 15.6. The Morgan fingerprint density at radius 3 is 2.77 bits per heavy atom. The Morgan fingerprint density at radius 2 is 2.00 bits per heavy atom. The first kappa shape index (κ1) is 22.7. The number of ether oxygens (including phenoxy) is 1. The van der Waals surface area contributed by atoms with E-state index in [0.717, 1.165) is 36.2 Å². The van der Waals surface area contributed by atoms with Crippen LogP contribution in [-0.4, -0.2) is 40.6 Å². The molecule has 7 nitrogen and oxygen atoms in total. The first-order valence-electron chi connectivity index (χ1n) is 11.5. The predicted molar refractivity (Wildman–Crippen MR) is 135 cm³/mol. The van der Waals surface area contributed by atoms with Gasteiger partial charge in [0.2, 0.25) is 5.91 Å². The number of nitrogens with one attached hydrogen (secondary N) is 3. The van der Waals surface area contributed by atoms with Crippen LogP contribution in [0, 0.1) is 5.82 Å². The quantitative estimate of drug-likeness (QED) is 0.379. The first-order valence-corrected chi connectivity index (χ1v) is 11.5. The van der Waals surface area contributed by atoms with Crippen molar-refractivity contribution in [1.29, 1.82) is 0 Å². The van der Waals surface area contributed by atoms with Gasteiger partial charge in [0.15, 0.2) is 0 Å². The number of aromatic nitrogens is 3. The Hall–Kier alpha value is -4.04. The third-order valence-electron chi connectivity index (χ3n) is 6.17. The molecule has 8 heteroatoms. The zero-order chi connectivity index (χ0) is 24.4. The standard InChI is InChI=1S/C27H26FN5O2/c1-16(34)32-20-6-3-17(4-7-20)11-21-12-18(9-10-29-21)24-14-23-26(30-15-31-27(23)33-24)22-13-19(28)5-8-25(22)35-2/h3-9,13-15,21,29H,10-12H2,1-2H3,(H,32,34)(H,30,31,33). The monoisotopic (exact) mass is 471 g/mol. The van der Waals surface area contributed by atoms with Crippen LogP contribution in [0.25, 0.3) is 27.9 Å². The van der Waals surface area contributed by atoms with E-state index in [1.807, 2.05) is 30.3 Å². The number of halogens is 1. The van der Waals surface area contributed by atoms with E-state index in [4.69, 9.17) is 4.74 Å². The van der Waals surface area contributed by atoms with Crippen LogP contribution in [0.3, 0.4) is 0 Å². The molecule has 2 aromatic carbocycles. The summed E-state index contributed by atoms with van der Waals surface area (Å²) in [4.78, 5) is 23.5. The zero-order valence-electron chi connectivity index (χ0n) is 19.6. The van der Waals surface area contributed by atoms with E-state index in [0.29, 0.717) is 22.7 Å². The molecule has 1 aliphatic heterocycles. The minimum atomic E-state index is -0.350. The summed E-state index contributed by atoms with van der Waals surface area (Å²) < 4.78 is 19.5. The predicted octanol–water partition coefficient (Wildman–Crippen LogP) is 4.72. The maximum Gasteiger partial charge on any atom is 0.221 e. The smallest absolute Gasteiger partial charge is 0.221 e. The van der Waals surface area contributed by atoms with Gasteiger partial charge in [-0.05, 0) is 60.4 Å². The second-order valence-corrected chi connectivity index (χ2v) is 8.63. The summed E-state index contributed by atoms with van der Waals surface area (Å²) >= 11 is 0. The second-order valence-electron chi connectivity index (χ2n) is 8.63. The summed E-state index contributed by atoms with van der Waals surface area (Å²) in [5, 5.41) is 7.17. The van der Waals surface area contributed by atoms with Crippen LogP contribution in [0.2, 0.25) is 0 Å². The summed E-state index contributed by atoms with van der Waals surface area (Å²) in [6.45, 7) is 2.26. The Kier molecular flexibility index (Phi) is 6.29. The first-order chi connectivity index (χ1) is 17.0. The van der Waals surface area contributed by atoms with Gasteiger partial charge in [-0.15, -0.1) is 0 Å². The zero-order valence-corrected chi connectivity index (χ0v) is 19.6. The molecule has 1 unspecified atom stereocenters. The molecule has 0 saturated carbocycles. The number of aromatic amines is 1. The molecule has 4 aromatic rings. The van der Waals surface area contributed by atoms with Gasteiger partial charge in [0.05, 0.1) is 12.8 Å². The van der Waals surface area contributed by atoms with E-state index in [1.54, 1.807) is 13.2 Å². The van der Waals surface area contributed by atoms with Crippen molar-refractivity contribution in [2.45, 2.75) is 25.8 Å². The van der Waals surface area contributed by atoms with E-state index in [2.05, 4.69) is 31.7 Å². The molecular weight excluding hydrogens is 445 g/mol. The molecule has 0 saturated heterocycles. The fraction of sp³-hybridized carbons (Fsp3) is 0.222. The lowest BCUT2D eigenvalue weighted by Crippen LogP contribution is -2.34. The molecule has 1 aliphatic rings. The SMILES string of the molecule is COc1ccc(F)cc1-c1ncnc2[nH]c(C3=CCNC(Cc4ccc(NC(C)=O)cc4)C3)cc12. The van der Waals surface area contributed by atoms with Gasteiger partial charge in [0.25, 0.3) is 0 Å². The van der Waals surface area contributed by atoms with Gasteiger partial charge in [-0.3, -0.25) is 4.79 Å². The van der Waals surface area contributed by atoms with E-state index in [-0.39, 0.29) is 17.8 Å². The maximum absolute atomic E-state index is 14.0. The van der Waals surface area contributed by atoms with Crippen molar-refractivity contribution < 1.29 is 13.9 Å². The lowest BCUT2D eigenvalue weighted by Gasteiger charge is -2.24. The highest BCUT2D eigenvalue weighted by atomic mass is 19.1. The minimum absolute atomic E-state index is 0.0801. The van der Waals surface area contributed by atoms with Crippen molar-refractivity contribution >= 4 is 28.2 Å². The molecule has 0 bridgehead atoms. The molecule has 0 spiro atoms. The van der Waals surface area contributed by atoms with Crippen LogP contribution in [0.15, 0.2) is 60.9 Å². The van der Waals surface area contributed by atoms with Crippen molar-refractivity contribution in [2.75, 3.05) is 19.0 Å². The van der Waals surface area contributed by atoms with E-state index in [9.17, 15) is 9.18 Å². The van der Waals surface area contributed by atoms with Gasteiger partial charge in [-0.1, -0.05) is 18.2 Å². The number of anilines is 1. The summed E-state index contributed by atoms with van der Waals surface area (Å²) in [7, 11) is 1.56. The second kappa shape index (κ2) is 9.68. The van der Waals surface area contributed by atoms with Crippen molar-refractivity contribution in [3.05, 3.63) is 78.0 Å². The fourth-order valence-corrected chi connectivity index (χ4v) is 4.54. The third kappa shape index (κ3) is 4.93. The van der Waals surface area contributed by atoms with E-state index >= 15 is 0 Å². The average molecular weight is 472 g/mol. The lowest BCUT2D eigenvalue weighted by molar-refractivity contribution is -0.114. The highest BCUT2D eigenvalue weighted by Gasteiger charge is 2.20. The van der Waals surface area contributed by atoms with E-state index < -0.39 is 0 Å². The molecule has 5 rings (SSSR count). The van der Waals surface area contributed by atoms with Gasteiger partial charge in [-0.25, -0.2) is 14.4 Å². The van der Waals surface area contributed by atoms with Crippen LogP contribution in [0.5, 0.6) is 5.75 Å². The molecule has 0 aliphatic carbocycles. The van der Waals surface area contributed by atoms with Gasteiger partial charge < -0.3 is 20.4 Å². The molecule has 0 radical (unpaired) electrons. The van der Waals surface area contributed by atoms with Crippen LogP contribution < -0.4 is 15.4 Å². The highest BCUT2D eigenvalue weighted by Crippen LogP contribution is 2.35. The highest BCUT2D eigenvalue weighted by molar-refractivity contribution is 5.94. The number of fused-ring (bicyclic) bond motifs is 1. The Labute approximate surface area is 202 Å². The summed E-state index contributed by atoms with van der Waals surface area (Å²) in [6, 6.07) is 14.6.